The number of anilines is 1. The Morgan fingerprint density at radius 3 is 1.91 bits per heavy atom. The molecule has 0 amide bonds. The number of aromatic nitrogens is 1. The minimum atomic E-state index is 0.745. The van der Waals surface area contributed by atoms with E-state index in [-0.39, 0.29) is 0 Å². The predicted molar refractivity (Wildman–Crippen MR) is 145 cm³/mol. The Balaban J connectivity index is 1.81. The van der Waals surface area contributed by atoms with Crippen LogP contribution in [0.3, 0.4) is 0 Å². The normalized spacial score (nSPS) is 11.1. The number of nitrogens with two attached hydrogens (primary N) is 1. The molecule has 2 heteroatoms. The number of rotatable bonds is 6. The van der Waals surface area contributed by atoms with Crippen LogP contribution in [0.5, 0.6) is 0 Å². The fourth-order valence-corrected chi connectivity index (χ4v) is 4.69. The fraction of sp³-hybridized carbons (Fsp3) is 0.156. The Kier molecular flexibility index (Phi) is 6.14. The smallest absolute Gasteiger partial charge is 0.0811 e. The molecule has 1 aromatic heterocycles. The Labute approximate surface area is 202 Å². The number of benzene rings is 4. The minimum Gasteiger partial charge on any atom is -0.398 e. The van der Waals surface area contributed by atoms with E-state index >= 15 is 0 Å². The highest BCUT2D eigenvalue weighted by molar-refractivity contribution is 5.97. The van der Waals surface area contributed by atoms with E-state index < -0.39 is 0 Å². The maximum absolute atomic E-state index is 6.48. The predicted octanol–water partition coefficient (Wildman–Crippen LogP) is 7.87. The maximum atomic E-state index is 6.48. The van der Waals surface area contributed by atoms with E-state index in [0.29, 0.717) is 0 Å². The van der Waals surface area contributed by atoms with Crippen LogP contribution in [0.25, 0.3) is 33.3 Å². The van der Waals surface area contributed by atoms with Crippen LogP contribution in [-0.2, 0) is 19.3 Å². The van der Waals surface area contributed by atoms with Gasteiger partial charge in [0.2, 0.25) is 0 Å². The van der Waals surface area contributed by atoms with Crippen LogP contribution in [0.1, 0.15) is 36.1 Å². The molecular formula is C32H30N2. The highest BCUT2D eigenvalue weighted by atomic mass is 14.7. The van der Waals surface area contributed by atoms with E-state index in [9.17, 15) is 0 Å². The van der Waals surface area contributed by atoms with Crippen LogP contribution < -0.4 is 5.73 Å². The van der Waals surface area contributed by atoms with Crippen molar-refractivity contribution in [2.45, 2.75) is 33.1 Å². The van der Waals surface area contributed by atoms with Gasteiger partial charge in [-0.05, 0) is 59.2 Å². The quantitative estimate of drug-likeness (QED) is 0.272. The van der Waals surface area contributed by atoms with Gasteiger partial charge >= 0.3 is 0 Å². The summed E-state index contributed by atoms with van der Waals surface area (Å²) >= 11 is 0. The van der Waals surface area contributed by atoms with Gasteiger partial charge in [-0.3, -0.25) is 0 Å². The van der Waals surface area contributed by atoms with Crippen molar-refractivity contribution in [2.24, 2.45) is 0 Å². The third-order valence-electron chi connectivity index (χ3n) is 6.68. The van der Waals surface area contributed by atoms with Gasteiger partial charge in [-0.1, -0.05) is 98.8 Å². The van der Waals surface area contributed by atoms with Gasteiger partial charge in [-0.25, -0.2) is 4.98 Å². The van der Waals surface area contributed by atoms with Crippen molar-refractivity contribution in [3.63, 3.8) is 0 Å². The number of fused-ring (bicyclic) bond motifs is 1. The van der Waals surface area contributed by atoms with Gasteiger partial charge in [0, 0.05) is 22.2 Å². The summed E-state index contributed by atoms with van der Waals surface area (Å²) in [6.07, 6.45) is 2.90. The van der Waals surface area contributed by atoms with Gasteiger partial charge < -0.3 is 5.73 Å². The molecule has 0 spiro atoms. The third kappa shape index (κ3) is 4.20. The zero-order valence-electron chi connectivity index (χ0n) is 19.9. The molecule has 0 aliphatic rings. The number of nitrogen functional groups attached to an aromatic ring is 1. The summed E-state index contributed by atoms with van der Waals surface area (Å²) in [5.41, 5.74) is 17.8. The second-order valence-electron chi connectivity index (χ2n) is 8.82. The SMILES string of the molecule is CCc1ccc(Cc2c(-c3ccc(CC)cc3)c(-c3ccccc3N)nc3ccccc23)cc1. The van der Waals surface area contributed by atoms with Crippen molar-refractivity contribution in [3.05, 3.63) is 119 Å². The molecule has 0 saturated carbocycles. The Morgan fingerprint density at radius 1 is 0.647 bits per heavy atom. The number of para-hydroxylation sites is 2. The molecule has 0 aliphatic carbocycles. The van der Waals surface area contributed by atoms with Gasteiger partial charge in [0.25, 0.3) is 0 Å². The molecule has 0 fully saturated rings. The fourth-order valence-electron chi connectivity index (χ4n) is 4.69. The average molecular weight is 443 g/mol. The molecule has 0 radical (unpaired) electrons. The lowest BCUT2D eigenvalue weighted by atomic mass is 9.87. The van der Waals surface area contributed by atoms with Crippen molar-refractivity contribution in [1.82, 2.24) is 4.98 Å². The van der Waals surface area contributed by atoms with Gasteiger partial charge in [0.1, 0.15) is 0 Å². The van der Waals surface area contributed by atoms with Crippen LogP contribution >= 0.6 is 0 Å². The average Bonchev–Trinajstić information content (AvgIpc) is 2.89. The van der Waals surface area contributed by atoms with E-state index in [1.54, 1.807) is 0 Å². The van der Waals surface area contributed by atoms with Crippen LogP contribution in [0.15, 0.2) is 97.1 Å². The Hall–Kier alpha value is -3.91. The second kappa shape index (κ2) is 9.52. The van der Waals surface area contributed by atoms with Crippen molar-refractivity contribution in [2.75, 3.05) is 5.73 Å². The number of pyridine rings is 1. The maximum Gasteiger partial charge on any atom is 0.0811 e. The van der Waals surface area contributed by atoms with E-state index in [4.69, 9.17) is 10.7 Å². The highest BCUT2D eigenvalue weighted by Crippen LogP contribution is 2.40. The molecule has 1 heterocycles. The minimum absolute atomic E-state index is 0.745. The first-order chi connectivity index (χ1) is 16.7. The molecule has 0 atom stereocenters. The molecule has 0 unspecified atom stereocenters. The van der Waals surface area contributed by atoms with E-state index in [1.165, 1.54) is 38.8 Å². The van der Waals surface area contributed by atoms with Crippen molar-refractivity contribution >= 4 is 16.6 Å². The first-order valence-corrected chi connectivity index (χ1v) is 12.1. The molecule has 34 heavy (non-hydrogen) atoms. The molecule has 2 nitrogen and oxygen atoms in total. The van der Waals surface area contributed by atoms with Gasteiger partial charge in [-0.15, -0.1) is 0 Å². The molecule has 0 saturated heterocycles. The topological polar surface area (TPSA) is 38.9 Å². The summed E-state index contributed by atoms with van der Waals surface area (Å²) in [4.78, 5) is 5.17. The zero-order valence-corrected chi connectivity index (χ0v) is 19.9. The summed E-state index contributed by atoms with van der Waals surface area (Å²) in [5, 5.41) is 1.19. The van der Waals surface area contributed by atoms with Crippen LogP contribution in [0, 0.1) is 0 Å². The van der Waals surface area contributed by atoms with Crippen LogP contribution in [0.4, 0.5) is 5.69 Å². The Morgan fingerprint density at radius 2 is 1.24 bits per heavy atom. The summed E-state index contributed by atoms with van der Waals surface area (Å²) < 4.78 is 0. The van der Waals surface area contributed by atoms with Gasteiger partial charge in [-0.2, -0.15) is 0 Å². The zero-order chi connectivity index (χ0) is 23.5. The Bertz CT molecular complexity index is 1430. The summed E-state index contributed by atoms with van der Waals surface area (Å²) in [6, 6.07) is 34.4. The molecule has 5 rings (SSSR count). The molecule has 4 aromatic carbocycles. The second-order valence-corrected chi connectivity index (χ2v) is 8.82. The monoisotopic (exact) mass is 442 g/mol. The number of hydrogen-bond acceptors (Lipinski definition) is 2. The number of hydrogen-bond donors (Lipinski definition) is 1. The van der Waals surface area contributed by atoms with Crippen molar-refractivity contribution < 1.29 is 0 Å². The first kappa shape index (κ1) is 21.9. The third-order valence-corrected chi connectivity index (χ3v) is 6.68. The lowest BCUT2D eigenvalue weighted by Crippen LogP contribution is -2.02. The van der Waals surface area contributed by atoms with E-state index in [0.717, 1.165) is 41.7 Å². The van der Waals surface area contributed by atoms with Crippen LogP contribution in [-0.4, -0.2) is 4.98 Å². The molecule has 5 aromatic rings. The van der Waals surface area contributed by atoms with E-state index in [2.05, 4.69) is 92.7 Å². The van der Waals surface area contributed by atoms with Crippen molar-refractivity contribution in [3.8, 4) is 22.4 Å². The standard InChI is InChI=1S/C32H30N2/c1-3-22-13-15-24(16-14-22)21-28-26-9-6-8-12-30(26)34-32(27-10-5-7-11-29(27)33)31(28)25-19-17-23(4-2)18-20-25/h5-20H,3-4,21,33H2,1-2H3. The van der Waals surface area contributed by atoms with E-state index in [1.807, 2.05) is 18.2 Å². The number of nitrogens with zero attached hydrogens (tertiary/aromatic N) is 1. The number of aryl methyl sites for hydroxylation is 2. The molecular weight excluding hydrogens is 412 g/mol. The lowest BCUT2D eigenvalue weighted by molar-refractivity contribution is 1.12. The first-order valence-electron chi connectivity index (χ1n) is 12.1. The highest BCUT2D eigenvalue weighted by Gasteiger charge is 2.19. The lowest BCUT2D eigenvalue weighted by Gasteiger charge is -2.19. The molecule has 0 aliphatic heterocycles. The summed E-state index contributed by atoms with van der Waals surface area (Å²) in [6.45, 7) is 4.38. The largest absolute Gasteiger partial charge is 0.398 e. The summed E-state index contributed by atoms with van der Waals surface area (Å²) in [5.74, 6) is 0. The molecule has 0 bridgehead atoms. The molecule has 2 N–H and O–H groups in total. The summed E-state index contributed by atoms with van der Waals surface area (Å²) in [7, 11) is 0. The van der Waals surface area contributed by atoms with Gasteiger partial charge in [0.05, 0.1) is 11.2 Å². The molecule has 168 valence electrons. The van der Waals surface area contributed by atoms with Crippen LogP contribution in [0.2, 0.25) is 0 Å². The van der Waals surface area contributed by atoms with Crippen molar-refractivity contribution in [1.29, 1.82) is 0 Å². The van der Waals surface area contributed by atoms with Gasteiger partial charge in [0.15, 0.2) is 0 Å².